The average molecular weight is 210 g/mol. The second-order valence-corrected chi connectivity index (χ2v) is 2.71. The lowest BCUT2D eigenvalue weighted by molar-refractivity contribution is -0.146. The van der Waals surface area contributed by atoms with E-state index in [-0.39, 0.29) is 5.56 Å². The fraction of sp³-hybridized carbons (Fsp3) is 0. The molecule has 4 nitrogen and oxygen atoms in total. The first-order chi connectivity index (χ1) is 7.00. The van der Waals surface area contributed by atoms with Crippen LogP contribution in [0.2, 0.25) is 0 Å². The number of carbonyl (C=O) groups is 2. The molecule has 0 fully saturated rings. The van der Waals surface area contributed by atoms with Gasteiger partial charge in [0.25, 0.3) is 5.78 Å². The van der Waals surface area contributed by atoms with Gasteiger partial charge >= 0.3 is 5.97 Å². The Hall–Kier alpha value is -2.17. The van der Waals surface area contributed by atoms with E-state index in [1.54, 1.807) is 0 Å². The highest BCUT2D eigenvalue weighted by Crippen LogP contribution is 2.12. The maximum absolute atomic E-state index is 12.7. The largest absolute Gasteiger partial charge is 0.507 e. The van der Waals surface area contributed by atoms with E-state index in [2.05, 4.69) is 0 Å². The molecule has 1 rings (SSSR count). The van der Waals surface area contributed by atoms with Crippen molar-refractivity contribution in [2.45, 2.75) is 0 Å². The van der Waals surface area contributed by atoms with Crippen molar-refractivity contribution in [2.24, 2.45) is 0 Å². The zero-order chi connectivity index (χ0) is 11.4. The van der Waals surface area contributed by atoms with E-state index in [1.165, 1.54) is 12.1 Å². The molecule has 0 saturated carbocycles. The molecule has 0 amide bonds. The van der Waals surface area contributed by atoms with Gasteiger partial charge in [-0.1, -0.05) is 12.1 Å². The summed E-state index contributed by atoms with van der Waals surface area (Å²) < 4.78 is 12.7. The van der Waals surface area contributed by atoms with Gasteiger partial charge in [-0.15, -0.1) is 0 Å². The van der Waals surface area contributed by atoms with Crippen LogP contribution in [0, 0.1) is 5.82 Å². The number of halogens is 1. The monoisotopic (exact) mass is 210 g/mol. The molecule has 0 aliphatic heterocycles. The number of aliphatic carboxylic acids is 1. The minimum atomic E-state index is -1.68. The van der Waals surface area contributed by atoms with Crippen LogP contribution in [-0.2, 0) is 9.59 Å². The summed E-state index contributed by atoms with van der Waals surface area (Å²) in [6, 6.07) is 4.83. The summed E-state index contributed by atoms with van der Waals surface area (Å²) >= 11 is 0. The second kappa shape index (κ2) is 4.36. The summed E-state index contributed by atoms with van der Waals surface area (Å²) in [6.45, 7) is 0. The van der Waals surface area contributed by atoms with Crippen LogP contribution >= 0.6 is 0 Å². The van der Waals surface area contributed by atoms with E-state index in [9.17, 15) is 19.1 Å². The summed E-state index contributed by atoms with van der Waals surface area (Å²) in [7, 11) is 0. The molecule has 0 unspecified atom stereocenters. The lowest BCUT2D eigenvalue weighted by Crippen LogP contribution is -2.09. The molecule has 1 aromatic rings. The van der Waals surface area contributed by atoms with E-state index in [4.69, 9.17) is 5.11 Å². The van der Waals surface area contributed by atoms with Crippen LogP contribution in [0.15, 0.2) is 30.3 Å². The van der Waals surface area contributed by atoms with E-state index in [0.717, 1.165) is 12.1 Å². The summed E-state index contributed by atoms with van der Waals surface area (Å²) in [6.07, 6.45) is 0.525. The van der Waals surface area contributed by atoms with Gasteiger partial charge in [-0.2, -0.15) is 0 Å². The Labute approximate surface area is 84.3 Å². The Balaban J connectivity index is 2.99. The number of aliphatic hydroxyl groups excluding tert-OH is 1. The van der Waals surface area contributed by atoms with Crippen molar-refractivity contribution in [3.05, 3.63) is 41.7 Å². The predicted octanol–water partition coefficient (Wildman–Crippen LogP) is 1.38. The molecule has 5 heteroatoms. The minimum absolute atomic E-state index is 0.0459. The van der Waals surface area contributed by atoms with Gasteiger partial charge < -0.3 is 10.2 Å². The van der Waals surface area contributed by atoms with Gasteiger partial charge in [-0.25, -0.2) is 9.18 Å². The van der Waals surface area contributed by atoms with Gasteiger partial charge in [0.2, 0.25) is 0 Å². The van der Waals surface area contributed by atoms with E-state index >= 15 is 0 Å². The van der Waals surface area contributed by atoms with Crippen LogP contribution in [-0.4, -0.2) is 22.0 Å². The van der Waals surface area contributed by atoms with Crippen LogP contribution < -0.4 is 0 Å². The fourth-order valence-electron chi connectivity index (χ4n) is 0.917. The van der Waals surface area contributed by atoms with E-state index < -0.39 is 23.3 Å². The summed E-state index contributed by atoms with van der Waals surface area (Å²) in [5, 5.41) is 17.5. The SMILES string of the molecule is O=C(O)C(=O)C=C(O)c1cccc(F)c1. The minimum Gasteiger partial charge on any atom is -0.507 e. The van der Waals surface area contributed by atoms with Crippen molar-refractivity contribution in [2.75, 3.05) is 0 Å². The predicted molar refractivity (Wildman–Crippen MR) is 49.6 cm³/mol. The van der Waals surface area contributed by atoms with Crippen LogP contribution in [0.3, 0.4) is 0 Å². The van der Waals surface area contributed by atoms with Gasteiger partial charge in [-0.05, 0) is 12.1 Å². The Morgan fingerprint density at radius 1 is 1.27 bits per heavy atom. The van der Waals surface area contributed by atoms with Gasteiger partial charge in [0, 0.05) is 11.6 Å². The highest BCUT2D eigenvalue weighted by molar-refractivity contribution is 6.38. The third kappa shape index (κ3) is 2.91. The molecular weight excluding hydrogens is 203 g/mol. The first-order valence-electron chi connectivity index (χ1n) is 3.94. The summed E-state index contributed by atoms with van der Waals surface area (Å²) in [4.78, 5) is 20.8. The molecule has 0 aliphatic carbocycles. The number of benzene rings is 1. The first kappa shape index (κ1) is 10.9. The van der Waals surface area contributed by atoms with Crippen LogP contribution in [0.4, 0.5) is 4.39 Å². The van der Waals surface area contributed by atoms with Gasteiger partial charge in [0.15, 0.2) is 0 Å². The molecular formula is C10H7FO4. The van der Waals surface area contributed by atoms with Gasteiger partial charge in [0.05, 0.1) is 0 Å². The highest BCUT2D eigenvalue weighted by Gasteiger charge is 2.10. The number of hydrogen-bond acceptors (Lipinski definition) is 3. The maximum Gasteiger partial charge on any atom is 0.376 e. The molecule has 78 valence electrons. The normalized spacial score (nSPS) is 11.1. The number of hydrogen-bond donors (Lipinski definition) is 2. The van der Waals surface area contributed by atoms with Gasteiger partial charge in [-0.3, -0.25) is 4.79 Å². The highest BCUT2D eigenvalue weighted by atomic mass is 19.1. The molecule has 0 bridgehead atoms. The number of rotatable bonds is 3. The zero-order valence-corrected chi connectivity index (χ0v) is 7.48. The maximum atomic E-state index is 12.7. The molecule has 0 aliphatic rings. The van der Waals surface area contributed by atoms with Crippen molar-refractivity contribution in [3.8, 4) is 0 Å². The number of ketones is 1. The summed E-state index contributed by atoms with van der Waals surface area (Å²) in [5.41, 5.74) is 0.0459. The quantitative estimate of drug-likeness (QED) is 0.449. The van der Waals surface area contributed by atoms with Crippen molar-refractivity contribution >= 4 is 17.5 Å². The zero-order valence-electron chi connectivity index (χ0n) is 7.48. The van der Waals surface area contributed by atoms with Crippen molar-refractivity contribution in [1.29, 1.82) is 0 Å². The Morgan fingerprint density at radius 3 is 2.47 bits per heavy atom. The average Bonchev–Trinajstić information content (AvgIpc) is 2.17. The molecule has 0 saturated heterocycles. The third-order valence-corrected chi connectivity index (χ3v) is 1.60. The lowest BCUT2D eigenvalue weighted by atomic mass is 10.1. The van der Waals surface area contributed by atoms with E-state index in [0.29, 0.717) is 6.08 Å². The van der Waals surface area contributed by atoms with Crippen molar-refractivity contribution in [3.63, 3.8) is 0 Å². The van der Waals surface area contributed by atoms with Crippen LogP contribution in [0.1, 0.15) is 5.56 Å². The number of carboxylic acid groups (broad SMARTS) is 1. The molecule has 0 heterocycles. The second-order valence-electron chi connectivity index (χ2n) is 2.71. The standard InChI is InChI=1S/C10H7FO4/c11-7-3-1-2-6(4-7)8(12)5-9(13)10(14)15/h1-5,12H,(H,14,15). The molecule has 0 radical (unpaired) electrons. The molecule has 0 spiro atoms. The Kier molecular flexibility index (Phi) is 3.17. The Bertz CT molecular complexity index is 437. The molecule has 1 aromatic carbocycles. The number of aliphatic hydroxyl groups is 1. The van der Waals surface area contributed by atoms with Gasteiger partial charge in [0.1, 0.15) is 11.6 Å². The molecule has 2 N–H and O–H groups in total. The smallest absolute Gasteiger partial charge is 0.376 e. The molecule has 15 heavy (non-hydrogen) atoms. The van der Waals surface area contributed by atoms with Crippen molar-refractivity contribution in [1.82, 2.24) is 0 Å². The number of carbonyl (C=O) groups excluding carboxylic acids is 1. The lowest BCUT2D eigenvalue weighted by Gasteiger charge is -1.98. The van der Waals surface area contributed by atoms with Crippen LogP contribution in [0.5, 0.6) is 0 Å². The van der Waals surface area contributed by atoms with E-state index in [1.807, 2.05) is 0 Å². The summed E-state index contributed by atoms with van der Waals surface area (Å²) in [5.74, 6) is -4.12. The van der Waals surface area contributed by atoms with Crippen LogP contribution in [0.25, 0.3) is 5.76 Å². The number of carboxylic acids is 1. The first-order valence-corrected chi connectivity index (χ1v) is 3.94. The van der Waals surface area contributed by atoms with Crippen molar-refractivity contribution < 1.29 is 24.2 Å². The topological polar surface area (TPSA) is 74.6 Å². The molecule has 0 aromatic heterocycles. The third-order valence-electron chi connectivity index (χ3n) is 1.60. The molecule has 0 atom stereocenters. The fourth-order valence-corrected chi connectivity index (χ4v) is 0.917. The Morgan fingerprint density at radius 2 is 1.93 bits per heavy atom.